The lowest BCUT2D eigenvalue weighted by Crippen LogP contribution is -2.09. The highest BCUT2D eigenvalue weighted by Gasteiger charge is 1.99. The van der Waals surface area contributed by atoms with Crippen LogP contribution in [0, 0.1) is 0 Å². The molecule has 0 aliphatic rings. The highest BCUT2D eigenvalue weighted by molar-refractivity contribution is 9.10. The number of carboxylic acid groups (broad SMARTS) is 1. The van der Waals surface area contributed by atoms with Gasteiger partial charge in [-0.15, -0.1) is 0 Å². The lowest BCUT2D eigenvalue weighted by Gasteiger charge is -2.08. The van der Waals surface area contributed by atoms with Gasteiger partial charge in [0.2, 0.25) is 0 Å². The number of rotatable bonds is 4. The van der Waals surface area contributed by atoms with Crippen LogP contribution in [0.2, 0.25) is 5.02 Å². The molecule has 3 rings (SSSR count). The van der Waals surface area contributed by atoms with E-state index in [1.807, 2.05) is 49.3 Å². The predicted octanol–water partition coefficient (Wildman–Crippen LogP) is 5.38. The number of hydrogen-bond donors (Lipinski definition) is 1. The molecule has 5 nitrogen and oxygen atoms in total. The Labute approximate surface area is 184 Å². The Morgan fingerprint density at radius 1 is 1.10 bits per heavy atom. The van der Waals surface area contributed by atoms with Crippen molar-refractivity contribution in [3.8, 4) is 0 Å². The van der Waals surface area contributed by atoms with E-state index in [2.05, 4.69) is 20.9 Å². The van der Waals surface area contributed by atoms with Crippen LogP contribution in [0.15, 0.2) is 77.4 Å². The number of carbonyl (C=O) groups excluding carboxylic acids is 1. The number of carbonyl (C=O) groups is 2. The standard InChI is InChI=1S/C8H7BrO2.C7H5ClO.C7H10N2/c9-7-3-1-2-6(4-7)5-8(10)11;8-7-3-1-2-6(4-7)5-9;1-9(2)7-5-3-4-6-8-7/h1-4H,5H2,(H,10,11);1-5H;3-6H,1-2H3. The third-order valence-corrected chi connectivity index (χ3v) is 4.06. The van der Waals surface area contributed by atoms with Crippen molar-refractivity contribution in [2.24, 2.45) is 0 Å². The van der Waals surface area contributed by atoms with E-state index in [1.165, 1.54) is 0 Å². The van der Waals surface area contributed by atoms with E-state index < -0.39 is 5.97 Å². The van der Waals surface area contributed by atoms with Gasteiger partial charge in [0.15, 0.2) is 0 Å². The summed E-state index contributed by atoms with van der Waals surface area (Å²) in [5.41, 5.74) is 1.43. The second-order valence-corrected chi connectivity index (χ2v) is 7.31. The first kappa shape index (κ1) is 24.3. The Balaban J connectivity index is 0.000000219. The summed E-state index contributed by atoms with van der Waals surface area (Å²) < 4.78 is 0.913. The maximum atomic E-state index is 10.3. The fourth-order valence-electron chi connectivity index (χ4n) is 2.02. The molecule has 0 aliphatic carbocycles. The summed E-state index contributed by atoms with van der Waals surface area (Å²) in [4.78, 5) is 26.4. The molecule has 0 radical (unpaired) electrons. The zero-order chi connectivity index (χ0) is 21.6. The minimum atomic E-state index is -0.803. The number of benzene rings is 2. The van der Waals surface area contributed by atoms with Gasteiger partial charge < -0.3 is 10.0 Å². The van der Waals surface area contributed by atoms with Crippen LogP contribution in [0.1, 0.15) is 15.9 Å². The van der Waals surface area contributed by atoms with Crippen molar-refractivity contribution in [3.05, 3.63) is 93.5 Å². The molecule has 0 fully saturated rings. The van der Waals surface area contributed by atoms with Gasteiger partial charge in [0.05, 0.1) is 6.42 Å². The van der Waals surface area contributed by atoms with Gasteiger partial charge in [0, 0.05) is 35.4 Å². The van der Waals surface area contributed by atoms with Crippen molar-refractivity contribution in [2.45, 2.75) is 6.42 Å². The second kappa shape index (κ2) is 13.5. The molecule has 0 amide bonds. The minimum Gasteiger partial charge on any atom is -0.481 e. The maximum Gasteiger partial charge on any atom is 0.307 e. The molecule has 29 heavy (non-hydrogen) atoms. The first-order valence-corrected chi connectivity index (χ1v) is 9.74. The molecule has 1 heterocycles. The van der Waals surface area contributed by atoms with E-state index in [-0.39, 0.29) is 6.42 Å². The molecule has 3 aromatic rings. The average molecular weight is 478 g/mol. The Hall–Kier alpha value is -2.70. The van der Waals surface area contributed by atoms with Gasteiger partial charge in [-0.1, -0.05) is 57.9 Å². The molecule has 0 spiro atoms. The largest absolute Gasteiger partial charge is 0.481 e. The zero-order valence-corrected chi connectivity index (χ0v) is 18.5. The third kappa shape index (κ3) is 11.0. The molecule has 0 bridgehead atoms. The molecule has 0 unspecified atom stereocenters. The number of aldehydes is 1. The quantitative estimate of drug-likeness (QED) is 0.511. The van der Waals surface area contributed by atoms with Gasteiger partial charge in [-0.3, -0.25) is 9.59 Å². The fourth-order valence-corrected chi connectivity index (χ4v) is 2.67. The summed E-state index contributed by atoms with van der Waals surface area (Å²) in [6.45, 7) is 0. The predicted molar refractivity (Wildman–Crippen MR) is 121 cm³/mol. The highest BCUT2D eigenvalue weighted by Crippen LogP contribution is 2.11. The van der Waals surface area contributed by atoms with E-state index in [4.69, 9.17) is 16.7 Å². The van der Waals surface area contributed by atoms with Crippen LogP contribution in [0.25, 0.3) is 0 Å². The van der Waals surface area contributed by atoms with E-state index in [0.29, 0.717) is 10.6 Å². The lowest BCUT2D eigenvalue weighted by atomic mass is 10.2. The number of nitrogens with zero attached hydrogens (tertiary/aromatic N) is 2. The van der Waals surface area contributed by atoms with E-state index in [0.717, 1.165) is 22.1 Å². The molecule has 0 atom stereocenters. The van der Waals surface area contributed by atoms with Gasteiger partial charge >= 0.3 is 5.97 Å². The highest BCUT2D eigenvalue weighted by atomic mass is 79.9. The number of carboxylic acids is 1. The number of aliphatic carboxylic acids is 1. The van der Waals surface area contributed by atoms with E-state index in [9.17, 15) is 9.59 Å². The smallest absolute Gasteiger partial charge is 0.307 e. The van der Waals surface area contributed by atoms with Gasteiger partial charge in [-0.2, -0.15) is 0 Å². The number of hydrogen-bond acceptors (Lipinski definition) is 4. The van der Waals surface area contributed by atoms with Crippen LogP contribution in [0.4, 0.5) is 5.82 Å². The van der Waals surface area contributed by atoms with Crippen molar-refractivity contribution < 1.29 is 14.7 Å². The van der Waals surface area contributed by atoms with Gasteiger partial charge in [0.25, 0.3) is 0 Å². The SMILES string of the molecule is CN(C)c1ccccn1.O=C(O)Cc1cccc(Br)c1.O=Cc1cccc(Cl)c1. The number of aromatic nitrogens is 1. The van der Waals surface area contributed by atoms with Crippen molar-refractivity contribution in [1.82, 2.24) is 4.98 Å². The maximum absolute atomic E-state index is 10.3. The Morgan fingerprint density at radius 2 is 1.83 bits per heavy atom. The van der Waals surface area contributed by atoms with Crippen LogP contribution >= 0.6 is 27.5 Å². The normalized spacial score (nSPS) is 9.24. The van der Waals surface area contributed by atoms with Crippen LogP contribution in [-0.2, 0) is 11.2 Å². The van der Waals surface area contributed by atoms with Crippen LogP contribution in [-0.4, -0.2) is 36.4 Å². The first-order chi connectivity index (χ1) is 13.8. The van der Waals surface area contributed by atoms with Crippen molar-refractivity contribution in [1.29, 1.82) is 0 Å². The number of pyridine rings is 1. The summed E-state index contributed by atoms with van der Waals surface area (Å²) in [6, 6.07) is 19.9. The monoisotopic (exact) mass is 476 g/mol. The lowest BCUT2D eigenvalue weighted by molar-refractivity contribution is -0.136. The molecular formula is C22H22BrClN2O3. The van der Waals surface area contributed by atoms with Crippen LogP contribution in [0.5, 0.6) is 0 Å². The molecule has 7 heteroatoms. The first-order valence-electron chi connectivity index (χ1n) is 8.57. The molecule has 2 aromatic carbocycles. The minimum absolute atomic E-state index is 0.0828. The molecule has 152 valence electrons. The van der Waals surface area contributed by atoms with Gasteiger partial charge in [-0.05, 0) is 42.0 Å². The zero-order valence-electron chi connectivity index (χ0n) is 16.1. The second-order valence-electron chi connectivity index (χ2n) is 5.96. The van der Waals surface area contributed by atoms with E-state index in [1.54, 1.807) is 42.6 Å². The summed E-state index contributed by atoms with van der Waals surface area (Å²) >= 11 is 8.82. The summed E-state index contributed by atoms with van der Waals surface area (Å²) in [6.07, 6.45) is 2.64. The molecule has 1 aromatic heterocycles. The molecule has 1 N–H and O–H groups in total. The topological polar surface area (TPSA) is 70.5 Å². The Bertz CT molecular complexity index is 905. The third-order valence-electron chi connectivity index (χ3n) is 3.34. The number of anilines is 1. The summed E-state index contributed by atoms with van der Waals surface area (Å²) in [5, 5.41) is 9.04. The Kier molecular flexibility index (Phi) is 11.3. The fraction of sp³-hybridized carbons (Fsp3) is 0.136. The number of halogens is 2. The molecule has 0 aliphatic heterocycles. The Morgan fingerprint density at radius 3 is 2.28 bits per heavy atom. The molecular weight excluding hydrogens is 456 g/mol. The van der Waals surface area contributed by atoms with Crippen LogP contribution in [0.3, 0.4) is 0 Å². The summed E-state index contributed by atoms with van der Waals surface area (Å²) in [7, 11) is 3.95. The van der Waals surface area contributed by atoms with E-state index >= 15 is 0 Å². The van der Waals surface area contributed by atoms with Crippen molar-refractivity contribution in [2.75, 3.05) is 19.0 Å². The van der Waals surface area contributed by atoms with Crippen molar-refractivity contribution in [3.63, 3.8) is 0 Å². The summed E-state index contributed by atoms with van der Waals surface area (Å²) in [5.74, 6) is 0.195. The van der Waals surface area contributed by atoms with Gasteiger partial charge in [-0.25, -0.2) is 4.98 Å². The van der Waals surface area contributed by atoms with Crippen LogP contribution < -0.4 is 4.90 Å². The molecule has 0 saturated heterocycles. The average Bonchev–Trinajstić information content (AvgIpc) is 2.69. The van der Waals surface area contributed by atoms with Gasteiger partial charge in [0.1, 0.15) is 12.1 Å². The molecule has 0 saturated carbocycles. The van der Waals surface area contributed by atoms with Crippen molar-refractivity contribution >= 4 is 45.6 Å².